The van der Waals surface area contributed by atoms with Gasteiger partial charge >= 0.3 is 0 Å². The molecule has 0 radical (unpaired) electrons. The number of hydrogen-bond donors (Lipinski definition) is 1. The summed E-state index contributed by atoms with van der Waals surface area (Å²) in [6.07, 6.45) is 0. The monoisotopic (exact) mass is 270 g/mol. The molecule has 0 aromatic heterocycles. The number of benzene rings is 2. The lowest BCUT2D eigenvalue weighted by molar-refractivity contribution is -0.307. The number of hydrogen-bond acceptors (Lipinski definition) is 4. The van der Waals surface area contributed by atoms with Crippen LogP contribution in [0.4, 0.5) is 5.69 Å². The molecule has 104 valence electrons. The summed E-state index contributed by atoms with van der Waals surface area (Å²) in [6, 6.07) is 13.5. The Balaban J connectivity index is 2.25. The molecule has 0 aliphatic rings. The Bertz CT molecular complexity index is 593. The molecule has 0 fully saturated rings. The number of ether oxygens (including phenoxy) is 1. The molecule has 0 spiro atoms. The molecule has 4 nitrogen and oxygen atoms in total. The highest BCUT2D eigenvalue weighted by Gasteiger charge is 2.12. The zero-order valence-electron chi connectivity index (χ0n) is 11.4. The number of rotatable bonds is 5. The van der Waals surface area contributed by atoms with Gasteiger partial charge in [0, 0.05) is 11.8 Å². The number of carbonyl (C=O) groups is 1. The van der Waals surface area contributed by atoms with E-state index in [1.807, 2.05) is 19.1 Å². The largest absolute Gasteiger partial charge is 0.548 e. The van der Waals surface area contributed by atoms with Gasteiger partial charge in [-0.2, -0.15) is 0 Å². The molecule has 1 atom stereocenters. The molecule has 0 aliphatic carbocycles. The molecule has 0 amide bonds. The summed E-state index contributed by atoms with van der Waals surface area (Å²) in [4.78, 5) is 11.3. The van der Waals surface area contributed by atoms with E-state index in [9.17, 15) is 9.90 Å². The molecule has 0 unspecified atom stereocenters. The van der Waals surface area contributed by atoms with Gasteiger partial charge in [-0.25, -0.2) is 0 Å². The minimum Gasteiger partial charge on any atom is -0.548 e. The Morgan fingerprint density at radius 3 is 2.50 bits per heavy atom. The van der Waals surface area contributed by atoms with Gasteiger partial charge in [-0.1, -0.05) is 35.9 Å². The number of aryl methyl sites for hydroxylation is 1. The summed E-state index contributed by atoms with van der Waals surface area (Å²) in [5.74, 6) is -0.507. The smallest absolute Gasteiger partial charge is 0.120 e. The topological polar surface area (TPSA) is 61.4 Å². The van der Waals surface area contributed by atoms with E-state index in [0.29, 0.717) is 17.0 Å². The molecule has 0 heterocycles. The summed E-state index contributed by atoms with van der Waals surface area (Å²) < 4.78 is 5.12. The maximum absolute atomic E-state index is 11.3. The number of methoxy groups -OCH3 is 1. The van der Waals surface area contributed by atoms with Crippen LogP contribution in [0, 0.1) is 6.92 Å². The van der Waals surface area contributed by atoms with Crippen LogP contribution in [0.2, 0.25) is 0 Å². The number of carboxylic acid groups (broad SMARTS) is 1. The predicted molar refractivity (Wildman–Crippen MR) is 75.5 cm³/mol. The van der Waals surface area contributed by atoms with Crippen LogP contribution < -0.4 is 15.2 Å². The van der Waals surface area contributed by atoms with Crippen molar-refractivity contribution in [3.8, 4) is 5.75 Å². The van der Waals surface area contributed by atoms with Crippen molar-refractivity contribution in [2.75, 3.05) is 12.4 Å². The van der Waals surface area contributed by atoms with Gasteiger partial charge in [-0.3, -0.25) is 0 Å². The van der Waals surface area contributed by atoms with Gasteiger partial charge < -0.3 is 20.0 Å². The molecule has 0 aliphatic heterocycles. The lowest BCUT2D eigenvalue weighted by atomic mass is 10.0. The van der Waals surface area contributed by atoms with Gasteiger partial charge in [0.2, 0.25) is 0 Å². The number of aliphatic carboxylic acids is 1. The van der Waals surface area contributed by atoms with Crippen molar-refractivity contribution in [1.29, 1.82) is 0 Å². The van der Waals surface area contributed by atoms with Crippen molar-refractivity contribution < 1.29 is 14.6 Å². The van der Waals surface area contributed by atoms with E-state index in [1.165, 1.54) is 0 Å². The van der Waals surface area contributed by atoms with Crippen LogP contribution in [0.1, 0.15) is 17.2 Å². The Morgan fingerprint density at radius 2 is 1.90 bits per heavy atom. The number of carbonyl (C=O) groups excluding carboxylic acids is 1. The van der Waals surface area contributed by atoms with Gasteiger partial charge in [0.25, 0.3) is 0 Å². The number of anilines is 1. The third-order valence-electron chi connectivity index (χ3n) is 3.03. The third-order valence-corrected chi connectivity index (χ3v) is 3.03. The van der Waals surface area contributed by atoms with Crippen LogP contribution in [0.25, 0.3) is 0 Å². The molecule has 2 rings (SSSR count). The SMILES string of the molecule is COc1cccc(N[C@@H](C(=O)[O-])c2ccc(C)cc2)c1. The van der Waals surface area contributed by atoms with Crippen molar-refractivity contribution >= 4 is 11.7 Å². The van der Waals surface area contributed by atoms with Crippen LogP contribution in [0.15, 0.2) is 48.5 Å². The van der Waals surface area contributed by atoms with Crippen molar-refractivity contribution in [3.63, 3.8) is 0 Å². The quantitative estimate of drug-likeness (QED) is 0.901. The summed E-state index contributed by atoms with van der Waals surface area (Å²) in [6.45, 7) is 1.95. The molecule has 4 heteroatoms. The van der Waals surface area contributed by atoms with E-state index in [4.69, 9.17) is 4.74 Å². The first kappa shape index (κ1) is 13.9. The summed E-state index contributed by atoms with van der Waals surface area (Å²) in [7, 11) is 1.56. The molecule has 0 bridgehead atoms. The maximum Gasteiger partial charge on any atom is 0.120 e. The Labute approximate surface area is 118 Å². The second-order valence-corrected chi connectivity index (χ2v) is 4.54. The summed E-state index contributed by atoms with van der Waals surface area (Å²) >= 11 is 0. The molecule has 0 saturated heterocycles. The lowest BCUT2D eigenvalue weighted by Gasteiger charge is -2.21. The van der Waals surface area contributed by atoms with E-state index in [1.54, 1.807) is 43.5 Å². The average molecular weight is 270 g/mol. The van der Waals surface area contributed by atoms with E-state index in [2.05, 4.69) is 5.32 Å². The first-order valence-corrected chi connectivity index (χ1v) is 6.28. The molecule has 2 aromatic carbocycles. The molecule has 2 aromatic rings. The predicted octanol–water partition coefficient (Wildman–Crippen LogP) is 1.91. The normalized spacial score (nSPS) is 11.7. The van der Waals surface area contributed by atoms with E-state index in [0.717, 1.165) is 5.56 Å². The van der Waals surface area contributed by atoms with Gasteiger partial charge in [0.05, 0.1) is 19.1 Å². The van der Waals surface area contributed by atoms with Crippen LogP contribution in [-0.4, -0.2) is 13.1 Å². The number of carboxylic acids is 1. The van der Waals surface area contributed by atoms with Gasteiger partial charge in [-0.05, 0) is 24.6 Å². The fourth-order valence-corrected chi connectivity index (χ4v) is 1.92. The second kappa shape index (κ2) is 6.10. The highest BCUT2D eigenvalue weighted by molar-refractivity contribution is 5.77. The molecule has 1 N–H and O–H groups in total. The maximum atomic E-state index is 11.3. The van der Waals surface area contributed by atoms with Crippen molar-refractivity contribution in [2.24, 2.45) is 0 Å². The Hall–Kier alpha value is -2.49. The van der Waals surface area contributed by atoms with E-state index in [-0.39, 0.29) is 0 Å². The van der Waals surface area contributed by atoms with Crippen LogP contribution in [-0.2, 0) is 4.79 Å². The second-order valence-electron chi connectivity index (χ2n) is 4.54. The van der Waals surface area contributed by atoms with Gasteiger partial charge in [0.15, 0.2) is 0 Å². The lowest BCUT2D eigenvalue weighted by Crippen LogP contribution is -2.34. The Morgan fingerprint density at radius 1 is 1.20 bits per heavy atom. The fraction of sp³-hybridized carbons (Fsp3) is 0.188. The minimum absolute atomic E-state index is 0.651. The molecule has 0 saturated carbocycles. The van der Waals surface area contributed by atoms with Crippen LogP contribution in [0.5, 0.6) is 5.75 Å². The minimum atomic E-state index is -1.17. The summed E-state index contributed by atoms with van der Waals surface area (Å²) in [5, 5.41) is 14.3. The standard InChI is InChI=1S/C16H17NO3/c1-11-6-8-12(9-7-11)15(16(18)19)17-13-4-3-5-14(10-13)20-2/h3-10,15,17H,1-2H3,(H,18,19)/p-1/t15-/m1/s1. The third kappa shape index (κ3) is 3.29. The first-order chi connectivity index (χ1) is 9.60. The molecular formula is C16H16NO3-. The number of nitrogens with one attached hydrogen (secondary N) is 1. The molecular weight excluding hydrogens is 254 g/mol. The zero-order valence-corrected chi connectivity index (χ0v) is 11.4. The highest BCUT2D eigenvalue weighted by atomic mass is 16.5. The van der Waals surface area contributed by atoms with Crippen molar-refractivity contribution in [3.05, 3.63) is 59.7 Å². The fourth-order valence-electron chi connectivity index (χ4n) is 1.92. The van der Waals surface area contributed by atoms with Crippen molar-refractivity contribution in [2.45, 2.75) is 13.0 Å². The average Bonchev–Trinajstić information content (AvgIpc) is 2.46. The van der Waals surface area contributed by atoms with Crippen LogP contribution >= 0.6 is 0 Å². The summed E-state index contributed by atoms with van der Waals surface area (Å²) in [5.41, 5.74) is 2.39. The highest BCUT2D eigenvalue weighted by Crippen LogP contribution is 2.23. The van der Waals surface area contributed by atoms with E-state index < -0.39 is 12.0 Å². The Kier molecular flexibility index (Phi) is 4.25. The van der Waals surface area contributed by atoms with Gasteiger partial charge in [-0.15, -0.1) is 0 Å². The first-order valence-electron chi connectivity index (χ1n) is 6.28. The van der Waals surface area contributed by atoms with Gasteiger partial charge in [0.1, 0.15) is 5.75 Å². The zero-order chi connectivity index (χ0) is 14.5. The van der Waals surface area contributed by atoms with Crippen LogP contribution in [0.3, 0.4) is 0 Å². The van der Waals surface area contributed by atoms with E-state index >= 15 is 0 Å². The molecule has 20 heavy (non-hydrogen) atoms. The van der Waals surface area contributed by atoms with Crippen molar-refractivity contribution in [1.82, 2.24) is 0 Å².